The second-order valence-electron chi connectivity index (χ2n) is 4.11. The molecule has 0 aromatic heterocycles. The summed E-state index contributed by atoms with van der Waals surface area (Å²) in [4.78, 5) is 5.01. The van der Waals surface area contributed by atoms with Gasteiger partial charge < -0.3 is 10.5 Å². The predicted octanol–water partition coefficient (Wildman–Crippen LogP) is 2.29. The van der Waals surface area contributed by atoms with Crippen molar-refractivity contribution >= 4 is 29.0 Å². The third-order valence-electron chi connectivity index (χ3n) is 2.52. The number of nitrogens with one attached hydrogen (secondary N) is 1. The Balaban J connectivity index is 1.87. The van der Waals surface area contributed by atoms with Crippen molar-refractivity contribution in [3.63, 3.8) is 0 Å². The van der Waals surface area contributed by atoms with E-state index in [-0.39, 0.29) is 0 Å². The summed E-state index contributed by atoms with van der Waals surface area (Å²) >= 11 is 1.63. The SMILES string of the molecule is CO[NH2+]c1cccc(CSNc2cccc(N)c2)c1. The lowest BCUT2D eigenvalue weighted by molar-refractivity contribution is -0.830. The highest BCUT2D eigenvalue weighted by molar-refractivity contribution is 7.99. The molecule has 0 atom stereocenters. The molecule has 0 aliphatic carbocycles. The van der Waals surface area contributed by atoms with Gasteiger partial charge in [0.15, 0.2) is 5.69 Å². The van der Waals surface area contributed by atoms with Gasteiger partial charge in [0.2, 0.25) is 0 Å². The molecule has 2 aromatic rings. The average molecular weight is 276 g/mol. The van der Waals surface area contributed by atoms with E-state index in [1.54, 1.807) is 24.5 Å². The van der Waals surface area contributed by atoms with Gasteiger partial charge in [0, 0.05) is 29.3 Å². The second kappa shape index (κ2) is 7.04. The van der Waals surface area contributed by atoms with Crippen LogP contribution in [0.4, 0.5) is 17.1 Å². The molecule has 0 spiro atoms. The van der Waals surface area contributed by atoms with Gasteiger partial charge in [0.25, 0.3) is 0 Å². The number of hydrogen-bond acceptors (Lipinski definition) is 4. The maximum absolute atomic E-state index is 5.73. The molecule has 0 aliphatic rings. The Bertz CT molecular complexity index is 534. The van der Waals surface area contributed by atoms with Gasteiger partial charge >= 0.3 is 0 Å². The van der Waals surface area contributed by atoms with Gasteiger partial charge in [0.1, 0.15) is 0 Å². The van der Waals surface area contributed by atoms with E-state index in [9.17, 15) is 0 Å². The number of nitrogens with two attached hydrogens (primary N) is 2. The zero-order chi connectivity index (χ0) is 13.5. The lowest BCUT2D eigenvalue weighted by Crippen LogP contribution is -2.75. The Hall–Kier alpha value is -1.69. The van der Waals surface area contributed by atoms with Gasteiger partial charge in [-0.25, -0.2) is 4.84 Å². The molecule has 0 heterocycles. The van der Waals surface area contributed by atoms with Crippen LogP contribution in [-0.4, -0.2) is 7.11 Å². The zero-order valence-electron chi connectivity index (χ0n) is 10.8. The lowest BCUT2D eigenvalue weighted by Gasteiger charge is -2.06. The predicted molar refractivity (Wildman–Crippen MR) is 80.8 cm³/mol. The van der Waals surface area contributed by atoms with Crippen molar-refractivity contribution in [1.82, 2.24) is 0 Å². The van der Waals surface area contributed by atoms with Gasteiger partial charge in [-0.2, -0.15) is 5.48 Å². The first kappa shape index (κ1) is 13.7. The van der Waals surface area contributed by atoms with Crippen LogP contribution in [0, 0.1) is 0 Å². The fourth-order valence-electron chi connectivity index (χ4n) is 1.70. The fraction of sp³-hybridized carbons (Fsp3) is 0.143. The molecular weight excluding hydrogens is 258 g/mol. The summed E-state index contributed by atoms with van der Waals surface area (Å²) in [5.74, 6) is 0.875. The maximum Gasteiger partial charge on any atom is 0.162 e. The standard InChI is InChI=1S/C14H17N3OS/c1-18-16-13-6-2-4-11(8-13)10-19-17-14-7-3-5-12(15)9-14/h2-9,16-17H,10,15H2,1H3/p+1. The molecule has 4 nitrogen and oxygen atoms in total. The quantitative estimate of drug-likeness (QED) is 0.430. The van der Waals surface area contributed by atoms with Gasteiger partial charge in [-0.05, 0) is 35.7 Å². The highest BCUT2D eigenvalue weighted by atomic mass is 32.2. The third kappa shape index (κ3) is 4.48. The van der Waals surface area contributed by atoms with Crippen molar-refractivity contribution in [1.29, 1.82) is 0 Å². The fourth-order valence-corrected chi connectivity index (χ4v) is 2.41. The third-order valence-corrected chi connectivity index (χ3v) is 3.38. The smallest absolute Gasteiger partial charge is 0.162 e. The molecule has 2 rings (SSSR count). The number of rotatable bonds is 6. The summed E-state index contributed by atoms with van der Waals surface area (Å²) in [7, 11) is 1.66. The summed E-state index contributed by atoms with van der Waals surface area (Å²) < 4.78 is 3.28. The zero-order valence-corrected chi connectivity index (χ0v) is 11.6. The molecule has 0 saturated heterocycles. The number of benzene rings is 2. The van der Waals surface area contributed by atoms with Crippen LogP contribution in [0.3, 0.4) is 0 Å². The summed E-state index contributed by atoms with van der Waals surface area (Å²) in [5, 5.41) is 0. The summed E-state index contributed by atoms with van der Waals surface area (Å²) in [6.45, 7) is 0. The average Bonchev–Trinajstić information content (AvgIpc) is 2.40. The summed E-state index contributed by atoms with van der Waals surface area (Å²) in [6, 6.07) is 16.0. The van der Waals surface area contributed by atoms with E-state index in [2.05, 4.69) is 16.9 Å². The molecular formula is C14H18N3OS+. The maximum atomic E-state index is 5.73. The van der Waals surface area contributed by atoms with E-state index in [0.717, 1.165) is 22.8 Å². The molecule has 0 bridgehead atoms. The van der Waals surface area contributed by atoms with Gasteiger partial charge in [-0.3, -0.25) is 0 Å². The van der Waals surface area contributed by atoms with Crippen LogP contribution in [0.1, 0.15) is 5.56 Å². The Kier molecular flexibility index (Phi) is 5.09. The van der Waals surface area contributed by atoms with Crippen molar-refractivity contribution < 1.29 is 10.3 Å². The van der Waals surface area contributed by atoms with E-state index in [1.807, 2.05) is 36.4 Å². The molecule has 0 aliphatic heterocycles. The number of hydrogen-bond donors (Lipinski definition) is 3. The topological polar surface area (TPSA) is 63.9 Å². The Morgan fingerprint density at radius 1 is 1.21 bits per heavy atom. The largest absolute Gasteiger partial charge is 0.399 e. The molecule has 0 saturated carbocycles. The van der Waals surface area contributed by atoms with Crippen molar-refractivity contribution in [2.75, 3.05) is 17.6 Å². The lowest BCUT2D eigenvalue weighted by atomic mass is 10.2. The molecule has 5 N–H and O–H groups in total. The molecule has 19 heavy (non-hydrogen) atoms. The monoisotopic (exact) mass is 276 g/mol. The first-order valence-corrected chi connectivity index (χ1v) is 6.95. The molecule has 2 aromatic carbocycles. The summed E-state index contributed by atoms with van der Waals surface area (Å²) in [6.07, 6.45) is 0. The van der Waals surface area contributed by atoms with Gasteiger partial charge in [-0.15, -0.1) is 0 Å². The number of anilines is 2. The highest BCUT2D eigenvalue weighted by Crippen LogP contribution is 2.19. The van der Waals surface area contributed by atoms with E-state index < -0.39 is 0 Å². The van der Waals surface area contributed by atoms with Gasteiger partial charge in [-0.1, -0.05) is 18.2 Å². The minimum atomic E-state index is 0.766. The molecule has 0 fully saturated rings. The highest BCUT2D eigenvalue weighted by Gasteiger charge is 2.00. The molecule has 5 heteroatoms. The van der Waals surface area contributed by atoms with Gasteiger partial charge in [0.05, 0.1) is 7.11 Å². The van der Waals surface area contributed by atoms with Crippen LogP contribution in [0.15, 0.2) is 48.5 Å². The van der Waals surface area contributed by atoms with Crippen LogP contribution in [-0.2, 0) is 10.6 Å². The molecule has 100 valence electrons. The van der Waals surface area contributed by atoms with E-state index in [1.165, 1.54) is 5.56 Å². The Morgan fingerprint density at radius 2 is 2.05 bits per heavy atom. The Morgan fingerprint density at radius 3 is 2.84 bits per heavy atom. The van der Waals surface area contributed by atoms with Crippen molar-refractivity contribution in [3.05, 3.63) is 54.1 Å². The van der Waals surface area contributed by atoms with E-state index in [4.69, 9.17) is 10.6 Å². The van der Waals surface area contributed by atoms with Crippen molar-refractivity contribution in [2.24, 2.45) is 0 Å². The van der Waals surface area contributed by atoms with E-state index >= 15 is 0 Å². The molecule has 0 radical (unpaired) electrons. The van der Waals surface area contributed by atoms with E-state index in [0.29, 0.717) is 0 Å². The second-order valence-corrected chi connectivity index (χ2v) is 4.90. The van der Waals surface area contributed by atoms with Crippen LogP contribution in [0.25, 0.3) is 0 Å². The molecule has 0 unspecified atom stereocenters. The van der Waals surface area contributed by atoms with Crippen LogP contribution >= 0.6 is 11.9 Å². The van der Waals surface area contributed by atoms with Crippen LogP contribution in [0.5, 0.6) is 0 Å². The number of nitrogen functional groups attached to an aromatic ring is 1. The molecule has 0 amide bonds. The van der Waals surface area contributed by atoms with Crippen molar-refractivity contribution in [2.45, 2.75) is 5.75 Å². The minimum absolute atomic E-state index is 0.766. The van der Waals surface area contributed by atoms with Crippen LogP contribution < -0.4 is 15.9 Å². The normalized spacial score (nSPS) is 10.4. The van der Waals surface area contributed by atoms with Crippen LogP contribution in [0.2, 0.25) is 0 Å². The number of quaternary nitrogens is 1. The summed E-state index contributed by atoms with van der Waals surface area (Å²) in [5.41, 5.74) is 11.6. The van der Waals surface area contributed by atoms with Crippen molar-refractivity contribution in [3.8, 4) is 0 Å². The first-order chi connectivity index (χ1) is 9.28. The minimum Gasteiger partial charge on any atom is -0.399 e. The first-order valence-electron chi connectivity index (χ1n) is 5.96. The Labute approximate surface area is 117 Å².